The quantitative estimate of drug-likeness (QED) is 0.503. The fourth-order valence-electron chi connectivity index (χ4n) is 4.31. The maximum absolute atomic E-state index is 5.41. The smallest absolute Gasteiger partial charge is 0.119 e. The zero-order valence-corrected chi connectivity index (χ0v) is 17.4. The second-order valence-corrected chi connectivity index (χ2v) is 8.29. The molecule has 1 saturated heterocycles. The van der Waals surface area contributed by atoms with Gasteiger partial charge in [0.25, 0.3) is 0 Å². The lowest BCUT2D eigenvalue weighted by molar-refractivity contribution is 0.0407. The van der Waals surface area contributed by atoms with Gasteiger partial charge in [0.05, 0.1) is 7.11 Å². The van der Waals surface area contributed by atoms with Gasteiger partial charge >= 0.3 is 0 Å². The van der Waals surface area contributed by atoms with Gasteiger partial charge < -0.3 is 4.74 Å². The van der Waals surface area contributed by atoms with Gasteiger partial charge in [0, 0.05) is 12.6 Å². The van der Waals surface area contributed by atoms with E-state index in [4.69, 9.17) is 4.74 Å². The number of nitrogens with zero attached hydrogens (tertiary/aromatic N) is 1. The first kappa shape index (κ1) is 20.4. The Balaban J connectivity index is 1.47. The molecule has 0 aromatic heterocycles. The maximum atomic E-state index is 5.41. The molecule has 1 aromatic rings. The van der Waals surface area contributed by atoms with Crippen molar-refractivity contribution in [1.82, 2.24) is 15.5 Å². The number of allylic oxidation sites excluding steroid dienone is 1. The van der Waals surface area contributed by atoms with Gasteiger partial charge in [0.2, 0.25) is 0 Å². The largest absolute Gasteiger partial charge is 0.497 e. The first-order valence-corrected chi connectivity index (χ1v) is 10.7. The number of fused-ring (bicyclic) bond motifs is 3. The minimum absolute atomic E-state index is 0.296. The van der Waals surface area contributed by atoms with Gasteiger partial charge in [-0.2, -0.15) is 0 Å². The molecule has 0 radical (unpaired) electrons. The summed E-state index contributed by atoms with van der Waals surface area (Å²) >= 11 is 0. The Morgan fingerprint density at radius 3 is 2.96 bits per heavy atom. The van der Waals surface area contributed by atoms with E-state index >= 15 is 0 Å². The van der Waals surface area contributed by atoms with Crippen LogP contribution in [0.3, 0.4) is 0 Å². The Morgan fingerprint density at radius 2 is 2.19 bits per heavy atom. The molecular formula is C23H37N3O. The standard InChI is InChI=1S/C23H37N3O/c1-17(2)18(3)8-6-5-7-13-24-23-25-14-11-22-21-10-9-20(27-4)16-19(21)12-15-26(22)23/h9-10,16-17,22-25H,3,5-8,11-15H2,1-2,4H3. The Morgan fingerprint density at radius 1 is 1.33 bits per heavy atom. The summed E-state index contributed by atoms with van der Waals surface area (Å²) in [5.74, 6) is 1.60. The molecule has 2 aliphatic rings. The lowest BCUT2D eigenvalue weighted by atomic mass is 9.89. The number of nitrogens with one attached hydrogen (secondary N) is 2. The fourth-order valence-corrected chi connectivity index (χ4v) is 4.31. The summed E-state index contributed by atoms with van der Waals surface area (Å²) in [6, 6.07) is 7.13. The summed E-state index contributed by atoms with van der Waals surface area (Å²) in [5.41, 5.74) is 4.34. The zero-order chi connectivity index (χ0) is 19.2. The van der Waals surface area contributed by atoms with E-state index in [0.717, 1.165) is 31.8 Å². The van der Waals surface area contributed by atoms with E-state index in [1.54, 1.807) is 7.11 Å². The van der Waals surface area contributed by atoms with E-state index in [2.05, 4.69) is 54.2 Å². The van der Waals surface area contributed by atoms with Crippen LogP contribution in [0.2, 0.25) is 0 Å². The van der Waals surface area contributed by atoms with Crippen molar-refractivity contribution in [3.05, 3.63) is 41.5 Å². The molecule has 150 valence electrons. The molecule has 0 spiro atoms. The highest BCUT2D eigenvalue weighted by Gasteiger charge is 2.34. The molecular weight excluding hydrogens is 334 g/mol. The van der Waals surface area contributed by atoms with Crippen molar-refractivity contribution in [3.8, 4) is 5.75 Å². The van der Waals surface area contributed by atoms with Gasteiger partial charge in [-0.15, -0.1) is 0 Å². The predicted octanol–water partition coefficient (Wildman–Crippen LogP) is 4.23. The zero-order valence-electron chi connectivity index (χ0n) is 17.4. The SMILES string of the molecule is C=C(CCCCCNC1NCCC2c3ccc(OC)cc3CCN12)C(C)C. The molecule has 0 saturated carbocycles. The third-order valence-electron chi connectivity index (χ3n) is 6.16. The number of methoxy groups -OCH3 is 1. The van der Waals surface area contributed by atoms with E-state index < -0.39 is 0 Å². The first-order valence-electron chi connectivity index (χ1n) is 10.7. The highest BCUT2D eigenvalue weighted by molar-refractivity contribution is 5.39. The Bertz CT molecular complexity index is 628. The number of hydrogen-bond acceptors (Lipinski definition) is 4. The highest BCUT2D eigenvalue weighted by Crippen LogP contribution is 2.36. The molecule has 1 fully saturated rings. The molecule has 2 aliphatic heterocycles. The first-order chi connectivity index (χ1) is 13.1. The van der Waals surface area contributed by atoms with Gasteiger partial charge in [-0.3, -0.25) is 15.5 Å². The van der Waals surface area contributed by atoms with Gasteiger partial charge in [0.15, 0.2) is 0 Å². The molecule has 2 atom stereocenters. The van der Waals surface area contributed by atoms with Gasteiger partial charge in [-0.05, 0) is 74.4 Å². The van der Waals surface area contributed by atoms with Gasteiger partial charge in [-0.1, -0.05) is 38.5 Å². The van der Waals surface area contributed by atoms with Crippen molar-refractivity contribution in [1.29, 1.82) is 0 Å². The molecule has 2 N–H and O–H groups in total. The average molecular weight is 372 g/mol. The van der Waals surface area contributed by atoms with Crippen LogP contribution in [0.4, 0.5) is 0 Å². The molecule has 0 aliphatic carbocycles. The third-order valence-corrected chi connectivity index (χ3v) is 6.16. The average Bonchev–Trinajstić information content (AvgIpc) is 2.69. The van der Waals surface area contributed by atoms with Crippen LogP contribution in [0.25, 0.3) is 0 Å². The highest BCUT2D eigenvalue weighted by atomic mass is 16.5. The van der Waals surface area contributed by atoms with E-state index in [0.29, 0.717) is 18.2 Å². The summed E-state index contributed by atoms with van der Waals surface area (Å²) in [4.78, 5) is 2.61. The van der Waals surface area contributed by atoms with Crippen molar-refractivity contribution < 1.29 is 4.74 Å². The van der Waals surface area contributed by atoms with Crippen LogP contribution < -0.4 is 15.4 Å². The Kier molecular flexibility index (Phi) is 7.33. The van der Waals surface area contributed by atoms with Crippen molar-refractivity contribution >= 4 is 0 Å². The molecule has 0 amide bonds. The number of unbranched alkanes of at least 4 members (excludes halogenated alkanes) is 2. The third kappa shape index (κ3) is 5.13. The van der Waals surface area contributed by atoms with E-state index in [9.17, 15) is 0 Å². The summed E-state index contributed by atoms with van der Waals surface area (Å²) in [5, 5.41) is 7.42. The van der Waals surface area contributed by atoms with Crippen LogP contribution in [0.1, 0.15) is 63.1 Å². The Hall–Kier alpha value is -1.36. The molecule has 1 aromatic carbocycles. The maximum Gasteiger partial charge on any atom is 0.119 e. The summed E-state index contributed by atoms with van der Waals surface area (Å²) in [6.07, 6.45) is 7.51. The number of benzene rings is 1. The minimum Gasteiger partial charge on any atom is -0.497 e. The van der Waals surface area contributed by atoms with Gasteiger partial charge in [-0.25, -0.2) is 0 Å². The van der Waals surface area contributed by atoms with Crippen molar-refractivity contribution in [2.24, 2.45) is 5.92 Å². The second-order valence-electron chi connectivity index (χ2n) is 8.29. The summed E-state index contributed by atoms with van der Waals surface area (Å²) < 4.78 is 5.41. The molecule has 27 heavy (non-hydrogen) atoms. The van der Waals surface area contributed by atoms with E-state index in [-0.39, 0.29) is 0 Å². The van der Waals surface area contributed by atoms with Crippen LogP contribution in [-0.4, -0.2) is 37.9 Å². The van der Waals surface area contributed by atoms with Crippen molar-refractivity contribution in [3.63, 3.8) is 0 Å². The fraction of sp³-hybridized carbons (Fsp3) is 0.652. The molecule has 0 bridgehead atoms. The Labute approximate surface area is 165 Å². The van der Waals surface area contributed by atoms with Crippen LogP contribution in [0, 0.1) is 5.92 Å². The van der Waals surface area contributed by atoms with Crippen LogP contribution in [-0.2, 0) is 6.42 Å². The van der Waals surface area contributed by atoms with E-state index in [1.807, 2.05) is 0 Å². The normalized spacial score (nSPS) is 22.4. The lowest BCUT2D eigenvalue weighted by Gasteiger charge is -2.46. The van der Waals surface area contributed by atoms with Crippen LogP contribution >= 0.6 is 0 Å². The summed E-state index contributed by atoms with van der Waals surface area (Å²) in [6.45, 7) is 11.9. The summed E-state index contributed by atoms with van der Waals surface area (Å²) in [7, 11) is 1.75. The van der Waals surface area contributed by atoms with Crippen molar-refractivity contribution in [2.45, 2.75) is 64.7 Å². The van der Waals surface area contributed by atoms with E-state index in [1.165, 1.54) is 48.8 Å². The molecule has 4 nitrogen and oxygen atoms in total. The van der Waals surface area contributed by atoms with Crippen LogP contribution in [0.5, 0.6) is 5.75 Å². The molecule has 2 heterocycles. The van der Waals surface area contributed by atoms with Gasteiger partial charge in [0.1, 0.15) is 12.0 Å². The predicted molar refractivity (Wildman–Crippen MR) is 113 cm³/mol. The molecule has 3 rings (SSSR count). The molecule has 2 unspecified atom stereocenters. The number of ether oxygens (including phenoxy) is 1. The number of rotatable bonds is 9. The van der Waals surface area contributed by atoms with Crippen LogP contribution in [0.15, 0.2) is 30.4 Å². The molecule has 4 heteroatoms. The second kappa shape index (κ2) is 9.72. The topological polar surface area (TPSA) is 36.5 Å². The number of hydrogen-bond donors (Lipinski definition) is 2. The monoisotopic (exact) mass is 371 g/mol. The minimum atomic E-state index is 0.296. The lowest BCUT2D eigenvalue weighted by Crippen LogP contribution is -2.61. The van der Waals surface area contributed by atoms with Crippen molar-refractivity contribution in [2.75, 3.05) is 26.7 Å².